The Bertz CT molecular complexity index is 698. The Balaban J connectivity index is 2.21. The predicted octanol–water partition coefficient (Wildman–Crippen LogP) is 2.87. The molecule has 0 radical (unpaired) electrons. The molecule has 0 atom stereocenters. The number of aryl methyl sites for hydroxylation is 2. The molecule has 0 unspecified atom stereocenters. The van der Waals surface area contributed by atoms with E-state index in [0.717, 1.165) is 22.3 Å². The van der Waals surface area contributed by atoms with Crippen LogP contribution in [0.3, 0.4) is 0 Å². The first-order chi connectivity index (χ1) is 11.9. The lowest BCUT2D eigenvalue weighted by Gasteiger charge is -2.42. The van der Waals surface area contributed by atoms with Crippen molar-refractivity contribution in [3.8, 4) is 6.07 Å². The van der Waals surface area contributed by atoms with Gasteiger partial charge in [0.1, 0.15) is 5.54 Å². The maximum absolute atomic E-state index is 12.9. The number of nitriles is 1. The first kappa shape index (κ1) is 19.2. The Morgan fingerprint density at radius 3 is 2.60 bits per heavy atom. The number of carbonyl (C=O) groups excluding carboxylic acids is 1. The second-order valence-electron chi connectivity index (χ2n) is 6.74. The van der Waals surface area contributed by atoms with E-state index in [1.165, 1.54) is 0 Å². The van der Waals surface area contributed by atoms with Gasteiger partial charge in [0.25, 0.3) is 0 Å². The molecule has 25 heavy (non-hydrogen) atoms. The second-order valence-corrected chi connectivity index (χ2v) is 6.74. The van der Waals surface area contributed by atoms with Gasteiger partial charge in [-0.3, -0.25) is 4.79 Å². The molecule has 1 saturated heterocycles. The first-order valence-electron chi connectivity index (χ1n) is 8.56. The van der Waals surface area contributed by atoms with Crippen LogP contribution in [0.1, 0.15) is 35.1 Å². The van der Waals surface area contributed by atoms with Gasteiger partial charge >= 0.3 is 0 Å². The molecular weight excluding hydrogens is 314 g/mol. The summed E-state index contributed by atoms with van der Waals surface area (Å²) in [6.45, 7) is 9.20. The summed E-state index contributed by atoms with van der Waals surface area (Å²) in [6, 6.07) is 6.50. The van der Waals surface area contributed by atoms with Crippen molar-refractivity contribution in [3.05, 3.63) is 41.0 Å². The zero-order chi connectivity index (χ0) is 18.6. The smallest absolute Gasteiger partial charge is 0.228 e. The van der Waals surface area contributed by atoms with Crippen LogP contribution in [-0.4, -0.2) is 48.7 Å². The van der Waals surface area contributed by atoms with E-state index < -0.39 is 5.54 Å². The van der Waals surface area contributed by atoms with E-state index in [9.17, 15) is 10.1 Å². The van der Waals surface area contributed by atoms with Crippen LogP contribution in [0, 0.1) is 25.2 Å². The van der Waals surface area contributed by atoms with Crippen molar-refractivity contribution in [1.82, 2.24) is 9.96 Å². The summed E-state index contributed by atoms with van der Waals surface area (Å²) in [5.41, 5.74) is 3.44. The van der Waals surface area contributed by atoms with E-state index in [1.54, 1.807) is 25.1 Å². The molecule has 1 fully saturated rings. The number of carbonyl (C=O) groups is 1. The molecule has 0 N–H and O–H groups in total. The molecule has 1 heterocycles. The fraction of sp³-hybridized carbons (Fsp3) is 0.500. The highest BCUT2D eigenvalue weighted by atomic mass is 16.7. The van der Waals surface area contributed by atoms with Gasteiger partial charge in [-0.25, -0.2) is 0 Å². The monoisotopic (exact) mass is 341 g/mol. The van der Waals surface area contributed by atoms with Crippen LogP contribution in [0.4, 0.5) is 0 Å². The van der Waals surface area contributed by atoms with Crippen molar-refractivity contribution >= 4 is 12.0 Å². The predicted molar refractivity (Wildman–Crippen MR) is 98.6 cm³/mol. The number of hydroxylamine groups is 2. The standard InChI is InChI=1S/C20H27N3O2/c1-6-17-12-15(2)11-16(3)18(17)13-19(24)22(4)20(14-21)7-9-23(25-5)10-8-20/h6,11-12H,1,7-10,13H2,2-5H3. The normalized spacial score (nSPS) is 16.9. The van der Waals surface area contributed by atoms with E-state index in [0.29, 0.717) is 25.9 Å². The number of likely N-dealkylation sites (N-methyl/N-ethyl adjacent to an activating group) is 1. The Morgan fingerprint density at radius 2 is 2.08 bits per heavy atom. The number of piperidine rings is 1. The molecule has 5 heteroatoms. The van der Waals surface area contributed by atoms with Crippen molar-refractivity contribution in [3.63, 3.8) is 0 Å². The number of hydrogen-bond acceptors (Lipinski definition) is 4. The van der Waals surface area contributed by atoms with Crippen molar-refractivity contribution in [2.24, 2.45) is 0 Å². The lowest BCUT2D eigenvalue weighted by Crippen LogP contribution is -2.55. The lowest BCUT2D eigenvalue weighted by molar-refractivity contribution is -0.161. The fourth-order valence-electron chi connectivity index (χ4n) is 3.52. The van der Waals surface area contributed by atoms with E-state index in [2.05, 4.69) is 18.7 Å². The SMILES string of the molecule is C=Cc1cc(C)cc(C)c1CC(=O)N(C)C1(C#N)CCN(OC)CC1. The highest BCUT2D eigenvalue weighted by Crippen LogP contribution is 2.29. The van der Waals surface area contributed by atoms with Gasteiger partial charge in [-0.15, -0.1) is 0 Å². The minimum absolute atomic E-state index is 0.0394. The average Bonchev–Trinajstić information content (AvgIpc) is 2.62. The molecule has 1 aliphatic rings. The summed E-state index contributed by atoms with van der Waals surface area (Å²) < 4.78 is 0. The summed E-state index contributed by atoms with van der Waals surface area (Å²) in [6.07, 6.45) is 3.24. The summed E-state index contributed by atoms with van der Waals surface area (Å²) in [5, 5.41) is 11.6. The minimum atomic E-state index is -0.765. The van der Waals surface area contributed by atoms with E-state index in [-0.39, 0.29) is 12.3 Å². The van der Waals surface area contributed by atoms with Gasteiger partial charge in [0.15, 0.2) is 0 Å². The van der Waals surface area contributed by atoms with Crippen molar-refractivity contribution in [2.75, 3.05) is 27.2 Å². The molecule has 2 rings (SSSR count). The Labute approximate surface area is 150 Å². The minimum Gasteiger partial charge on any atom is -0.327 e. The largest absolute Gasteiger partial charge is 0.327 e. The van der Waals surface area contributed by atoms with Crippen molar-refractivity contribution < 1.29 is 9.63 Å². The second kappa shape index (κ2) is 7.81. The zero-order valence-corrected chi connectivity index (χ0v) is 15.6. The van der Waals surface area contributed by atoms with Crippen molar-refractivity contribution in [2.45, 2.75) is 38.6 Å². The first-order valence-corrected chi connectivity index (χ1v) is 8.56. The molecule has 134 valence electrons. The number of nitrogens with zero attached hydrogens (tertiary/aromatic N) is 3. The number of benzene rings is 1. The van der Waals surface area contributed by atoms with Crippen LogP contribution in [0.2, 0.25) is 0 Å². The summed E-state index contributed by atoms with van der Waals surface area (Å²) in [4.78, 5) is 19.8. The van der Waals surface area contributed by atoms with E-state index in [4.69, 9.17) is 4.84 Å². The summed E-state index contributed by atoms with van der Waals surface area (Å²) in [5.74, 6) is -0.0394. The van der Waals surface area contributed by atoms with Gasteiger partial charge in [-0.2, -0.15) is 10.3 Å². The number of rotatable bonds is 5. The molecule has 0 spiro atoms. The molecule has 0 aromatic heterocycles. The van der Waals surface area contributed by atoms with Crippen LogP contribution in [0.25, 0.3) is 6.08 Å². The lowest BCUT2D eigenvalue weighted by atomic mass is 9.87. The molecule has 0 bridgehead atoms. The third-order valence-electron chi connectivity index (χ3n) is 5.23. The molecule has 1 aliphatic heterocycles. The highest BCUT2D eigenvalue weighted by molar-refractivity contribution is 5.81. The van der Waals surface area contributed by atoms with Crippen LogP contribution >= 0.6 is 0 Å². The van der Waals surface area contributed by atoms with Crippen LogP contribution < -0.4 is 0 Å². The Kier molecular flexibility index (Phi) is 5.99. The van der Waals surface area contributed by atoms with Gasteiger partial charge in [-0.1, -0.05) is 30.4 Å². The van der Waals surface area contributed by atoms with Crippen LogP contribution in [0.15, 0.2) is 18.7 Å². The third-order valence-corrected chi connectivity index (χ3v) is 5.23. The molecule has 0 aliphatic carbocycles. The zero-order valence-electron chi connectivity index (χ0n) is 15.6. The number of hydrogen-bond donors (Lipinski definition) is 0. The molecule has 1 aromatic carbocycles. The Morgan fingerprint density at radius 1 is 1.44 bits per heavy atom. The third kappa shape index (κ3) is 3.92. The molecular formula is C20H27N3O2. The van der Waals surface area contributed by atoms with E-state index in [1.807, 2.05) is 25.0 Å². The van der Waals surface area contributed by atoms with Gasteiger partial charge < -0.3 is 9.74 Å². The maximum atomic E-state index is 12.9. The van der Waals surface area contributed by atoms with Gasteiger partial charge in [-0.05, 0) is 43.4 Å². The van der Waals surface area contributed by atoms with Crippen molar-refractivity contribution in [1.29, 1.82) is 5.26 Å². The highest BCUT2D eigenvalue weighted by Gasteiger charge is 2.41. The quantitative estimate of drug-likeness (QED) is 0.826. The van der Waals surface area contributed by atoms with Crippen LogP contribution in [0.5, 0.6) is 0 Å². The molecule has 0 saturated carbocycles. The van der Waals surface area contributed by atoms with Gasteiger partial charge in [0.2, 0.25) is 5.91 Å². The molecule has 1 amide bonds. The molecule has 1 aromatic rings. The van der Waals surface area contributed by atoms with E-state index >= 15 is 0 Å². The number of amides is 1. The summed E-state index contributed by atoms with van der Waals surface area (Å²) >= 11 is 0. The average molecular weight is 341 g/mol. The molecule has 5 nitrogen and oxygen atoms in total. The maximum Gasteiger partial charge on any atom is 0.228 e. The van der Waals surface area contributed by atoms with Gasteiger partial charge in [0, 0.05) is 20.1 Å². The topological polar surface area (TPSA) is 56.6 Å². The fourth-order valence-corrected chi connectivity index (χ4v) is 3.52. The van der Waals surface area contributed by atoms with Gasteiger partial charge in [0.05, 0.1) is 19.6 Å². The summed E-state index contributed by atoms with van der Waals surface area (Å²) in [7, 11) is 3.37. The van der Waals surface area contributed by atoms with Crippen LogP contribution in [-0.2, 0) is 16.1 Å². The Hall–Kier alpha value is -2.16.